The second kappa shape index (κ2) is 7.67. The Morgan fingerprint density at radius 1 is 1.29 bits per heavy atom. The van der Waals surface area contributed by atoms with Crippen molar-refractivity contribution in [3.63, 3.8) is 0 Å². The predicted octanol–water partition coefficient (Wildman–Crippen LogP) is 1.91. The van der Waals surface area contributed by atoms with Gasteiger partial charge in [0.2, 0.25) is 17.7 Å². The molecule has 3 aromatic rings. The minimum atomic E-state index is -0.392. The van der Waals surface area contributed by atoms with Gasteiger partial charge in [-0.1, -0.05) is 17.3 Å². The molecule has 4 rings (SSSR count). The average molecular weight is 399 g/mol. The fourth-order valence-electron chi connectivity index (χ4n) is 3.57. The molecule has 9 heteroatoms. The number of nitrogens with one attached hydrogen (secondary N) is 1. The van der Waals surface area contributed by atoms with Crippen molar-refractivity contribution in [1.82, 2.24) is 25.3 Å². The number of carbonyl (C=O) groups is 2. The Morgan fingerprint density at radius 3 is 2.82 bits per heavy atom. The number of para-hydroxylation sites is 1. The maximum absolute atomic E-state index is 12.8. The Labute approximate surface area is 165 Å². The minimum absolute atomic E-state index is 0.00639. The number of fused-ring (bicyclic) bond motifs is 1. The highest BCUT2D eigenvalue weighted by molar-refractivity contribution is 7.18. The van der Waals surface area contributed by atoms with Gasteiger partial charge in [0.05, 0.1) is 27.1 Å². The number of benzene rings is 1. The highest BCUT2D eigenvalue weighted by Gasteiger charge is 2.42. The summed E-state index contributed by atoms with van der Waals surface area (Å²) in [6.45, 7) is 2.49. The maximum atomic E-state index is 12.8. The maximum Gasteiger partial charge on any atom is 0.232 e. The van der Waals surface area contributed by atoms with Crippen LogP contribution in [0.25, 0.3) is 10.2 Å². The topological polar surface area (TPSA) is 101 Å². The van der Waals surface area contributed by atoms with Gasteiger partial charge < -0.3 is 14.7 Å². The first kappa shape index (κ1) is 18.5. The summed E-state index contributed by atoms with van der Waals surface area (Å²) in [5.74, 6) is 0.136. The molecule has 146 valence electrons. The van der Waals surface area contributed by atoms with Gasteiger partial charge in [-0.2, -0.15) is 4.98 Å². The van der Waals surface area contributed by atoms with Gasteiger partial charge in [-0.05, 0) is 19.1 Å². The second-order valence-corrected chi connectivity index (χ2v) is 8.00. The first-order valence-corrected chi connectivity index (χ1v) is 10.0. The summed E-state index contributed by atoms with van der Waals surface area (Å²) in [4.78, 5) is 35.7. The summed E-state index contributed by atoms with van der Waals surface area (Å²) in [7, 11) is 1.59. The zero-order chi connectivity index (χ0) is 19.7. The number of likely N-dealkylation sites (tertiary alicyclic amines) is 1. The van der Waals surface area contributed by atoms with E-state index in [0.717, 1.165) is 15.2 Å². The van der Waals surface area contributed by atoms with Gasteiger partial charge in [-0.15, -0.1) is 11.3 Å². The molecule has 1 saturated heterocycles. The fraction of sp³-hybridized carbons (Fsp3) is 0.421. The van der Waals surface area contributed by atoms with Crippen LogP contribution < -0.4 is 5.32 Å². The minimum Gasteiger partial charge on any atom is -0.359 e. The Bertz CT molecular complexity index is 981. The van der Waals surface area contributed by atoms with E-state index in [1.165, 1.54) is 0 Å². The van der Waals surface area contributed by atoms with Crippen LogP contribution in [0.5, 0.6) is 0 Å². The molecule has 2 aromatic heterocycles. The molecule has 1 N–H and O–H groups in total. The molecular formula is C19H21N5O3S. The number of hydrogen-bond donors (Lipinski definition) is 1. The molecule has 0 bridgehead atoms. The summed E-state index contributed by atoms with van der Waals surface area (Å²) >= 11 is 1.61. The Kier molecular flexibility index (Phi) is 5.08. The smallest absolute Gasteiger partial charge is 0.232 e. The number of aromatic nitrogens is 3. The molecule has 1 aromatic carbocycles. The Hall–Kier alpha value is -2.81. The lowest BCUT2D eigenvalue weighted by Crippen LogP contribution is -2.33. The van der Waals surface area contributed by atoms with E-state index in [2.05, 4.69) is 20.4 Å². The molecule has 1 fully saturated rings. The second-order valence-electron chi connectivity index (χ2n) is 6.88. The third-order valence-electron chi connectivity index (χ3n) is 5.01. The molecule has 2 amide bonds. The molecule has 0 spiro atoms. The number of rotatable bonds is 5. The first-order valence-electron chi connectivity index (χ1n) is 9.19. The molecule has 0 aliphatic carbocycles. The zero-order valence-corrected chi connectivity index (χ0v) is 16.5. The average Bonchev–Trinajstić information content (AvgIpc) is 3.42. The van der Waals surface area contributed by atoms with Crippen LogP contribution in [0, 0.1) is 12.8 Å². The summed E-state index contributed by atoms with van der Waals surface area (Å²) in [6.07, 6.45) is 0.944. The van der Waals surface area contributed by atoms with Crippen LogP contribution in [-0.2, 0) is 16.0 Å². The van der Waals surface area contributed by atoms with Crippen molar-refractivity contribution in [2.75, 3.05) is 20.1 Å². The van der Waals surface area contributed by atoms with Gasteiger partial charge in [0, 0.05) is 33.0 Å². The van der Waals surface area contributed by atoms with E-state index in [1.54, 1.807) is 30.2 Å². The number of carbonyl (C=O) groups excluding carboxylic acids is 2. The fourth-order valence-corrected chi connectivity index (χ4v) is 4.54. The van der Waals surface area contributed by atoms with E-state index < -0.39 is 5.92 Å². The van der Waals surface area contributed by atoms with Gasteiger partial charge in [0.15, 0.2) is 5.82 Å². The first-order chi connectivity index (χ1) is 13.5. The number of amides is 2. The van der Waals surface area contributed by atoms with E-state index in [-0.39, 0.29) is 17.7 Å². The summed E-state index contributed by atoms with van der Waals surface area (Å²) in [6, 6.07) is 7.95. The zero-order valence-electron chi connectivity index (χ0n) is 15.7. The number of hydrogen-bond acceptors (Lipinski definition) is 7. The highest BCUT2D eigenvalue weighted by atomic mass is 32.1. The molecule has 8 nitrogen and oxygen atoms in total. The summed E-state index contributed by atoms with van der Waals surface area (Å²) < 4.78 is 6.40. The van der Waals surface area contributed by atoms with Crippen LogP contribution in [0.15, 0.2) is 28.8 Å². The van der Waals surface area contributed by atoms with Crippen molar-refractivity contribution in [2.24, 2.45) is 5.92 Å². The SMILES string of the molecule is CNC(=O)[C@@H]1CN(C(=O)CCc2nc3ccccc3s2)C[C@H]1c1nc(C)no1. The highest BCUT2D eigenvalue weighted by Crippen LogP contribution is 2.32. The van der Waals surface area contributed by atoms with Crippen molar-refractivity contribution in [2.45, 2.75) is 25.7 Å². The lowest BCUT2D eigenvalue weighted by molar-refractivity contribution is -0.130. The van der Waals surface area contributed by atoms with Crippen molar-refractivity contribution in [3.8, 4) is 0 Å². The number of thiazole rings is 1. The van der Waals surface area contributed by atoms with Crippen LogP contribution in [0.2, 0.25) is 0 Å². The molecule has 2 atom stereocenters. The Morgan fingerprint density at radius 2 is 2.11 bits per heavy atom. The monoisotopic (exact) mass is 399 g/mol. The quantitative estimate of drug-likeness (QED) is 0.703. The van der Waals surface area contributed by atoms with Crippen molar-refractivity contribution in [3.05, 3.63) is 41.0 Å². The molecule has 0 saturated carbocycles. The van der Waals surface area contributed by atoms with Crippen LogP contribution in [0.1, 0.15) is 29.1 Å². The third kappa shape index (κ3) is 3.62. The summed E-state index contributed by atoms with van der Waals surface area (Å²) in [5.41, 5.74) is 0.961. The van der Waals surface area contributed by atoms with Crippen LogP contribution >= 0.6 is 11.3 Å². The molecule has 1 aliphatic heterocycles. The third-order valence-corrected chi connectivity index (χ3v) is 6.10. The lowest BCUT2D eigenvalue weighted by atomic mass is 9.95. The Balaban J connectivity index is 1.44. The van der Waals surface area contributed by atoms with Crippen LogP contribution in [0.4, 0.5) is 0 Å². The number of nitrogens with zero attached hydrogens (tertiary/aromatic N) is 4. The molecular weight excluding hydrogens is 378 g/mol. The molecule has 28 heavy (non-hydrogen) atoms. The van der Waals surface area contributed by atoms with Crippen molar-refractivity contribution in [1.29, 1.82) is 0 Å². The van der Waals surface area contributed by atoms with E-state index in [4.69, 9.17) is 4.52 Å². The normalized spacial score (nSPS) is 19.3. The van der Waals surface area contributed by atoms with Gasteiger partial charge in [-0.25, -0.2) is 4.98 Å². The van der Waals surface area contributed by atoms with Gasteiger partial charge in [-0.3, -0.25) is 9.59 Å². The largest absolute Gasteiger partial charge is 0.359 e. The van der Waals surface area contributed by atoms with Crippen LogP contribution in [0.3, 0.4) is 0 Å². The van der Waals surface area contributed by atoms with Crippen molar-refractivity contribution < 1.29 is 14.1 Å². The van der Waals surface area contributed by atoms with Gasteiger partial charge in [0.1, 0.15) is 0 Å². The summed E-state index contributed by atoms with van der Waals surface area (Å²) in [5, 5.41) is 7.43. The lowest BCUT2D eigenvalue weighted by Gasteiger charge is -2.15. The molecule has 0 radical (unpaired) electrons. The number of aryl methyl sites for hydroxylation is 2. The van der Waals surface area contributed by atoms with E-state index in [0.29, 0.717) is 37.6 Å². The van der Waals surface area contributed by atoms with Crippen LogP contribution in [-0.4, -0.2) is 52.0 Å². The molecule has 0 unspecified atom stereocenters. The molecule has 1 aliphatic rings. The van der Waals surface area contributed by atoms with Gasteiger partial charge >= 0.3 is 0 Å². The predicted molar refractivity (Wildman–Crippen MR) is 104 cm³/mol. The van der Waals surface area contributed by atoms with E-state index >= 15 is 0 Å². The van der Waals surface area contributed by atoms with E-state index in [9.17, 15) is 9.59 Å². The molecule has 3 heterocycles. The standard InChI is InChI=1S/C19H21N5O3S/c1-11-21-19(27-23-11)13-10-24(9-12(13)18(26)20-2)17(25)8-7-16-22-14-5-3-4-6-15(14)28-16/h3-6,12-13H,7-10H2,1-2H3,(H,20,26)/t12-,13-/m1/s1. The van der Waals surface area contributed by atoms with E-state index in [1.807, 2.05) is 24.3 Å². The van der Waals surface area contributed by atoms with Gasteiger partial charge in [0.25, 0.3) is 0 Å². The van der Waals surface area contributed by atoms with Crippen molar-refractivity contribution >= 4 is 33.4 Å².